The molecule has 0 spiro atoms. The number of carbonyl (C=O) groups excluding carboxylic acids is 1. The first-order valence-electron chi connectivity index (χ1n) is 10.5. The number of nitrogens with zero attached hydrogens (tertiary/aromatic N) is 3. The standard InChI is InChI=1S/C25H26N4O2/c1-16-10-17(2)12-20(11-16)28-25(30)18-6-8-29(9-7-18)24-19(14-26)15-27-23-13-21(31-3)4-5-22(23)24/h4-5,10-13,15,18H,6-9H2,1-3H3,(H,28,30). The molecular weight excluding hydrogens is 388 g/mol. The third kappa shape index (κ3) is 4.31. The first-order valence-corrected chi connectivity index (χ1v) is 10.5. The van der Waals surface area contributed by atoms with E-state index < -0.39 is 0 Å². The number of nitriles is 1. The second kappa shape index (κ2) is 8.65. The van der Waals surface area contributed by atoms with Crippen LogP contribution in [0.1, 0.15) is 29.5 Å². The van der Waals surface area contributed by atoms with Crippen molar-refractivity contribution < 1.29 is 9.53 Å². The molecule has 1 saturated heterocycles. The SMILES string of the molecule is COc1ccc2c(N3CCC(C(=O)Nc4cc(C)cc(C)c4)CC3)c(C#N)cnc2c1. The lowest BCUT2D eigenvalue weighted by Crippen LogP contribution is -2.38. The van der Waals surface area contributed by atoms with Gasteiger partial charge in [0.2, 0.25) is 5.91 Å². The normalized spacial score (nSPS) is 14.3. The van der Waals surface area contributed by atoms with E-state index >= 15 is 0 Å². The molecule has 158 valence electrons. The zero-order valence-electron chi connectivity index (χ0n) is 18.1. The zero-order valence-corrected chi connectivity index (χ0v) is 18.1. The van der Waals surface area contributed by atoms with E-state index in [1.54, 1.807) is 13.3 Å². The Bertz CT molecular complexity index is 1150. The van der Waals surface area contributed by atoms with Gasteiger partial charge in [0.25, 0.3) is 0 Å². The lowest BCUT2D eigenvalue weighted by molar-refractivity contribution is -0.120. The molecule has 0 atom stereocenters. The summed E-state index contributed by atoms with van der Waals surface area (Å²) in [5.41, 5.74) is 5.36. The van der Waals surface area contributed by atoms with E-state index in [0.29, 0.717) is 18.7 Å². The summed E-state index contributed by atoms with van der Waals surface area (Å²) >= 11 is 0. The fourth-order valence-electron chi connectivity index (χ4n) is 4.36. The number of methoxy groups -OCH3 is 1. The van der Waals surface area contributed by atoms with E-state index in [-0.39, 0.29) is 11.8 Å². The van der Waals surface area contributed by atoms with E-state index in [1.165, 1.54) is 0 Å². The van der Waals surface area contributed by atoms with E-state index in [0.717, 1.165) is 52.0 Å². The summed E-state index contributed by atoms with van der Waals surface area (Å²) in [6, 6.07) is 14.1. The van der Waals surface area contributed by atoms with Crippen molar-refractivity contribution >= 4 is 28.2 Å². The molecule has 3 aromatic rings. The van der Waals surface area contributed by atoms with Gasteiger partial charge in [0.15, 0.2) is 0 Å². The topological polar surface area (TPSA) is 78.2 Å². The highest BCUT2D eigenvalue weighted by Gasteiger charge is 2.27. The smallest absolute Gasteiger partial charge is 0.227 e. The Hall–Kier alpha value is -3.59. The molecule has 6 nitrogen and oxygen atoms in total. The Morgan fingerprint density at radius 2 is 1.87 bits per heavy atom. The largest absolute Gasteiger partial charge is 0.497 e. The van der Waals surface area contributed by atoms with Crippen molar-refractivity contribution in [1.29, 1.82) is 5.26 Å². The van der Waals surface area contributed by atoms with E-state index in [1.807, 2.05) is 44.2 Å². The van der Waals surface area contributed by atoms with Gasteiger partial charge in [-0.15, -0.1) is 0 Å². The van der Waals surface area contributed by atoms with Crippen LogP contribution in [0.4, 0.5) is 11.4 Å². The van der Waals surface area contributed by atoms with Crippen LogP contribution >= 0.6 is 0 Å². The minimum atomic E-state index is -0.0456. The Kier molecular flexibility index (Phi) is 5.77. The number of benzene rings is 2. The molecule has 1 aliphatic rings. The molecular formula is C25H26N4O2. The number of hydrogen-bond donors (Lipinski definition) is 1. The number of nitrogens with one attached hydrogen (secondary N) is 1. The number of amides is 1. The number of aryl methyl sites for hydroxylation is 2. The van der Waals surface area contributed by atoms with Gasteiger partial charge in [0.1, 0.15) is 11.8 Å². The maximum atomic E-state index is 12.8. The Morgan fingerprint density at radius 1 is 1.16 bits per heavy atom. The number of pyridine rings is 1. The molecule has 1 N–H and O–H groups in total. The first-order chi connectivity index (χ1) is 15.0. The van der Waals surface area contributed by atoms with Gasteiger partial charge in [-0.05, 0) is 62.1 Å². The van der Waals surface area contributed by atoms with Crippen molar-refractivity contribution in [3.8, 4) is 11.8 Å². The Balaban J connectivity index is 1.51. The molecule has 31 heavy (non-hydrogen) atoms. The molecule has 6 heteroatoms. The molecule has 0 saturated carbocycles. The van der Waals surface area contributed by atoms with Crippen LogP contribution in [-0.4, -0.2) is 31.1 Å². The van der Waals surface area contributed by atoms with Crippen molar-refractivity contribution in [2.45, 2.75) is 26.7 Å². The van der Waals surface area contributed by atoms with Crippen LogP contribution in [0.15, 0.2) is 42.6 Å². The van der Waals surface area contributed by atoms with Gasteiger partial charge < -0.3 is 15.0 Å². The fourth-order valence-corrected chi connectivity index (χ4v) is 4.36. The molecule has 0 radical (unpaired) electrons. The van der Waals surface area contributed by atoms with Crippen LogP contribution in [0, 0.1) is 31.1 Å². The molecule has 1 aromatic heterocycles. The van der Waals surface area contributed by atoms with Crippen molar-refractivity contribution in [2.75, 3.05) is 30.4 Å². The minimum Gasteiger partial charge on any atom is -0.497 e. The number of fused-ring (bicyclic) bond motifs is 1. The monoisotopic (exact) mass is 414 g/mol. The van der Waals surface area contributed by atoms with E-state index in [2.05, 4.69) is 27.3 Å². The van der Waals surface area contributed by atoms with Crippen LogP contribution in [0.2, 0.25) is 0 Å². The van der Waals surface area contributed by atoms with Gasteiger partial charge in [0, 0.05) is 42.3 Å². The number of anilines is 2. The van der Waals surface area contributed by atoms with Gasteiger partial charge in [-0.1, -0.05) is 6.07 Å². The van der Waals surface area contributed by atoms with Crippen molar-refractivity contribution in [1.82, 2.24) is 4.98 Å². The van der Waals surface area contributed by atoms with Crippen LogP contribution in [0.5, 0.6) is 5.75 Å². The van der Waals surface area contributed by atoms with Gasteiger partial charge in [0.05, 0.1) is 23.9 Å². The van der Waals surface area contributed by atoms with Gasteiger partial charge in [-0.25, -0.2) is 0 Å². The average molecular weight is 415 g/mol. The summed E-state index contributed by atoms with van der Waals surface area (Å²) in [6.45, 7) is 5.49. The predicted octanol–water partition coefficient (Wildman–Crippen LogP) is 4.59. The molecule has 1 fully saturated rings. The van der Waals surface area contributed by atoms with Crippen LogP contribution in [0.25, 0.3) is 10.9 Å². The lowest BCUT2D eigenvalue weighted by atomic mass is 9.94. The third-order valence-electron chi connectivity index (χ3n) is 5.84. The maximum Gasteiger partial charge on any atom is 0.227 e. The van der Waals surface area contributed by atoms with Crippen molar-refractivity contribution in [2.24, 2.45) is 5.92 Å². The Morgan fingerprint density at radius 3 is 2.52 bits per heavy atom. The number of aromatic nitrogens is 1. The van der Waals surface area contributed by atoms with E-state index in [9.17, 15) is 10.1 Å². The summed E-state index contributed by atoms with van der Waals surface area (Å²) in [6.07, 6.45) is 3.10. The molecule has 2 heterocycles. The second-order valence-electron chi connectivity index (χ2n) is 8.14. The molecule has 4 rings (SSSR count). The third-order valence-corrected chi connectivity index (χ3v) is 5.84. The molecule has 1 aliphatic heterocycles. The van der Waals surface area contributed by atoms with Crippen LogP contribution < -0.4 is 15.0 Å². The average Bonchev–Trinajstić information content (AvgIpc) is 2.77. The highest BCUT2D eigenvalue weighted by molar-refractivity contribution is 5.96. The summed E-state index contributed by atoms with van der Waals surface area (Å²) in [4.78, 5) is 19.5. The lowest BCUT2D eigenvalue weighted by Gasteiger charge is -2.34. The minimum absolute atomic E-state index is 0.0456. The quantitative estimate of drug-likeness (QED) is 0.676. The van der Waals surface area contributed by atoms with Crippen molar-refractivity contribution in [3.05, 3.63) is 59.3 Å². The van der Waals surface area contributed by atoms with Gasteiger partial charge in [-0.2, -0.15) is 5.26 Å². The summed E-state index contributed by atoms with van der Waals surface area (Å²) in [7, 11) is 1.62. The number of rotatable bonds is 4. The number of piperidine rings is 1. The highest BCUT2D eigenvalue weighted by Crippen LogP contribution is 2.34. The molecule has 1 amide bonds. The maximum absolute atomic E-state index is 12.8. The Labute approximate surface area is 182 Å². The van der Waals surface area contributed by atoms with Crippen LogP contribution in [0.3, 0.4) is 0 Å². The molecule has 2 aromatic carbocycles. The summed E-state index contributed by atoms with van der Waals surface area (Å²) in [5, 5.41) is 13.7. The number of carbonyl (C=O) groups is 1. The van der Waals surface area contributed by atoms with Gasteiger partial charge >= 0.3 is 0 Å². The zero-order chi connectivity index (χ0) is 22.0. The summed E-state index contributed by atoms with van der Waals surface area (Å²) < 4.78 is 5.31. The van der Waals surface area contributed by atoms with Gasteiger partial charge in [-0.3, -0.25) is 9.78 Å². The molecule has 0 bridgehead atoms. The summed E-state index contributed by atoms with van der Waals surface area (Å²) in [5.74, 6) is 0.753. The fraction of sp³-hybridized carbons (Fsp3) is 0.320. The molecule has 0 aliphatic carbocycles. The van der Waals surface area contributed by atoms with Crippen molar-refractivity contribution in [3.63, 3.8) is 0 Å². The number of hydrogen-bond acceptors (Lipinski definition) is 5. The van der Waals surface area contributed by atoms with E-state index in [4.69, 9.17) is 4.74 Å². The first kappa shape index (κ1) is 20.7. The number of ether oxygens (including phenoxy) is 1. The predicted molar refractivity (Wildman–Crippen MR) is 122 cm³/mol. The second-order valence-corrected chi connectivity index (χ2v) is 8.14. The van der Waals surface area contributed by atoms with Crippen LogP contribution in [-0.2, 0) is 4.79 Å². The highest BCUT2D eigenvalue weighted by atomic mass is 16.5. The molecule has 0 unspecified atom stereocenters.